The van der Waals surface area contributed by atoms with E-state index in [1.54, 1.807) is 4.90 Å². The topological polar surface area (TPSA) is 80.5 Å². The Morgan fingerprint density at radius 2 is 1.97 bits per heavy atom. The number of benzene rings is 2. The molecule has 29 heavy (non-hydrogen) atoms. The van der Waals surface area contributed by atoms with Crippen LogP contribution in [-0.2, 0) is 0 Å². The summed E-state index contributed by atoms with van der Waals surface area (Å²) >= 11 is 0. The molecule has 0 radical (unpaired) electrons. The van der Waals surface area contributed by atoms with Gasteiger partial charge in [0.15, 0.2) is 0 Å². The summed E-state index contributed by atoms with van der Waals surface area (Å²) in [5, 5.41) is 7.05. The molecule has 1 saturated heterocycles. The number of aryl methyl sites for hydroxylation is 1. The van der Waals surface area contributed by atoms with Crippen LogP contribution < -0.4 is 10.1 Å². The van der Waals surface area contributed by atoms with Gasteiger partial charge in [-0.1, -0.05) is 35.0 Å². The van der Waals surface area contributed by atoms with Crippen molar-refractivity contribution >= 4 is 11.7 Å². The van der Waals surface area contributed by atoms with Crippen LogP contribution in [0.1, 0.15) is 37.3 Å². The first-order valence-electron chi connectivity index (χ1n) is 9.85. The van der Waals surface area contributed by atoms with Crippen LogP contribution in [0.5, 0.6) is 5.75 Å². The Labute approximate surface area is 169 Å². The third kappa shape index (κ3) is 4.23. The fourth-order valence-electron chi connectivity index (χ4n) is 3.45. The largest absolute Gasteiger partial charge is 0.494 e. The van der Waals surface area contributed by atoms with E-state index in [0.717, 1.165) is 29.8 Å². The van der Waals surface area contributed by atoms with E-state index in [1.807, 2.05) is 62.4 Å². The molecular formula is C22H24N4O3. The van der Waals surface area contributed by atoms with E-state index in [1.165, 1.54) is 5.56 Å². The molecule has 3 aromatic rings. The fraction of sp³-hybridized carbons (Fsp3) is 0.318. The average molecular weight is 392 g/mol. The molecule has 7 nitrogen and oxygen atoms in total. The van der Waals surface area contributed by atoms with Crippen LogP contribution in [-0.4, -0.2) is 34.2 Å². The lowest BCUT2D eigenvalue weighted by Crippen LogP contribution is -2.34. The SMILES string of the molecule is CCOc1ccc(NC(=O)N2CCCC2c2nc(-c3ccc(C)cc3)no2)cc1. The number of carbonyl (C=O) groups is 1. The number of anilines is 1. The molecule has 1 aliphatic rings. The Morgan fingerprint density at radius 3 is 2.69 bits per heavy atom. The van der Waals surface area contributed by atoms with Crippen LogP contribution >= 0.6 is 0 Å². The van der Waals surface area contributed by atoms with Gasteiger partial charge in [-0.05, 0) is 51.0 Å². The number of amides is 2. The number of hydrogen-bond acceptors (Lipinski definition) is 5. The van der Waals surface area contributed by atoms with Crippen molar-refractivity contribution in [3.05, 3.63) is 60.0 Å². The van der Waals surface area contributed by atoms with Crippen molar-refractivity contribution in [2.75, 3.05) is 18.5 Å². The molecule has 7 heteroatoms. The third-order valence-corrected chi connectivity index (χ3v) is 4.97. The summed E-state index contributed by atoms with van der Waals surface area (Å²) in [6.07, 6.45) is 1.69. The zero-order valence-corrected chi connectivity index (χ0v) is 16.6. The number of likely N-dealkylation sites (tertiary alicyclic amines) is 1. The van der Waals surface area contributed by atoms with Gasteiger partial charge in [0.1, 0.15) is 11.8 Å². The second-order valence-corrected chi connectivity index (χ2v) is 7.06. The predicted octanol–water partition coefficient (Wildman–Crippen LogP) is 4.81. The summed E-state index contributed by atoms with van der Waals surface area (Å²) in [5.74, 6) is 1.79. The molecule has 0 spiro atoms. The summed E-state index contributed by atoms with van der Waals surface area (Å²) in [5.41, 5.74) is 2.79. The second-order valence-electron chi connectivity index (χ2n) is 7.06. The van der Waals surface area contributed by atoms with Crippen molar-refractivity contribution in [3.63, 3.8) is 0 Å². The quantitative estimate of drug-likeness (QED) is 0.674. The minimum absolute atomic E-state index is 0.174. The lowest BCUT2D eigenvalue weighted by molar-refractivity contribution is 0.193. The molecule has 0 bridgehead atoms. The molecule has 1 N–H and O–H groups in total. The Balaban J connectivity index is 1.46. The molecule has 2 heterocycles. The Hall–Kier alpha value is -3.35. The van der Waals surface area contributed by atoms with Crippen molar-refractivity contribution in [2.45, 2.75) is 32.7 Å². The number of ether oxygens (including phenoxy) is 1. The molecule has 1 fully saturated rings. The molecule has 150 valence electrons. The van der Waals surface area contributed by atoms with Gasteiger partial charge in [-0.3, -0.25) is 0 Å². The molecular weight excluding hydrogens is 368 g/mol. The molecule has 1 atom stereocenters. The second kappa shape index (κ2) is 8.34. The normalized spacial score (nSPS) is 16.1. The summed E-state index contributed by atoms with van der Waals surface area (Å²) in [6, 6.07) is 14.9. The third-order valence-electron chi connectivity index (χ3n) is 4.97. The molecule has 2 amide bonds. The van der Waals surface area contributed by atoms with Crippen LogP contribution in [0.3, 0.4) is 0 Å². The van der Waals surface area contributed by atoms with Crippen molar-refractivity contribution in [1.29, 1.82) is 0 Å². The highest BCUT2D eigenvalue weighted by molar-refractivity contribution is 5.89. The van der Waals surface area contributed by atoms with Crippen LogP contribution in [0.4, 0.5) is 10.5 Å². The number of carbonyl (C=O) groups excluding carboxylic acids is 1. The first-order valence-corrected chi connectivity index (χ1v) is 9.85. The van der Waals surface area contributed by atoms with E-state index in [9.17, 15) is 4.79 Å². The average Bonchev–Trinajstić information content (AvgIpc) is 3.40. The van der Waals surface area contributed by atoms with E-state index >= 15 is 0 Å². The predicted molar refractivity (Wildman–Crippen MR) is 110 cm³/mol. The first kappa shape index (κ1) is 19.0. The van der Waals surface area contributed by atoms with Gasteiger partial charge in [0.25, 0.3) is 0 Å². The number of urea groups is 1. The fourth-order valence-corrected chi connectivity index (χ4v) is 3.45. The maximum atomic E-state index is 12.8. The van der Waals surface area contributed by atoms with Gasteiger partial charge >= 0.3 is 6.03 Å². The van der Waals surface area contributed by atoms with Gasteiger partial charge in [0.2, 0.25) is 11.7 Å². The van der Waals surface area contributed by atoms with Crippen LogP contribution in [0.25, 0.3) is 11.4 Å². The van der Waals surface area contributed by atoms with Crippen LogP contribution in [0.15, 0.2) is 53.1 Å². The highest BCUT2D eigenvalue weighted by atomic mass is 16.5. The highest BCUT2D eigenvalue weighted by Gasteiger charge is 2.34. The van der Waals surface area contributed by atoms with Gasteiger partial charge in [0.05, 0.1) is 6.61 Å². The number of rotatable bonds is 5. The smallest absolute Gasteiger partial charge is 0.322 e. The molecule has 1 unspecified atom stereocenters. The molecule has 0 aliphatic carbocycles. The van der Waals surface area contributed by atoms with Crippen molar-refractivity contribution in [1.82, 2.24) is 15.0 Å². The molecule has 1 aliphatic heterocycles. The number of nitrogens with zero attached hydrogens (tertiary/aromatic N) is 3. The van der Waals surface area contributed by atoms with E-state index in [4.69, 9.17) is 9.26 Å². The Morgan fingerprint density at radius 1 is 1.21 bits per heavy atom. The molecule has 2 aromatic carbocycles. The van der Waals surface area contributed by atoms with Crippen molar-refractivity contribution < 1.29 is 14.1 Å². The van der Waals surface area contributed by atoms with Crippen molar-refractivity contribution in [3.8, 4) is 17.1 Å². The molecule has 4 rings (SSSR count). The van der Waals surface area contributed by atoms with E-state index < -0.39 is 0 Å². The Bertz CT molecular complexity index is 966. The summed E-state index contributed by atoms with van der Waals surface area (Å²) < 4.78 is 10.9. The first-order chi connectivity index (χ1) is 14.1. The highest BCUT2D eigenvalue weighted by Crippen LogP contribution is 2.32. The summed E-state index contributed by atoms with van der Waals surface area (Å²) in [7, 11) is 0. The monoisotopic (exact) mass is 392 g/mol. The number of nitrogens with one attached hydrogen (secondary N) is 1. The zero-order valence-electron chi connectivity index (χ0n) is 16.6. The number of aromatic nitrogens is 2. The maximum absolute atomic E-state index is 12.8. The van der Waals surface area contributed by atoms with Gasteiger partial charge in [-0.15, -0.1) is 0 Å². The van der Waals surface area contributed by atoms with E-state index in [-0.39, 0.29) is 12.1 Å². The minimum Gasteiger partial charge on any atom is -0.494 e. The Kier molecular flexibility index (Phi) is 5.46. The van der Waals surface area contributed by atoms with Gasteiger partial charge in [-0.2, -0.15) is 4.98 Å². The van der Waals surface area contributed by atoms with Gasteiger partial charge < -0.3 is 19.5 Å². The van der Waals surface area contributed by atoms with Gasteiger partial charge in [0, 0.05) is 17.8 Å². The van der Waals surface area contributed by atoms with Crippen LogP contribution in [0.2, 0.25) is 0 Å². The van der Waals surface area contributed by atoms with E-state index in [0.29, 0.717) is 24.9 Å². The lowest BCUT2D eigenvalue weighted by atomic mass is 10.1. The lowest BCUT2D eigenvalue weighted by Gasteiger charge is -2.22. The summed E-state index contributed by atoms with van der Waals surface area (Å²) in [4.78, 5) is 19.1. The van der Waals surface area contributed by atoms with Crippen molar-refractivity contribution in [2.24, 2.45) is 0 Å². The van der Waals surface area contributed by atoms with E-state index in [2.05, 4.69) is 15.5 Å². The maximum Gasteiger partial charge on any atom is 0.322 e. The van der Waals surface area contributed by atoms with Crippen LogP contribution in [0, 0.1) is 6.92 Å². The van der Waals surface area contributed by atoms with Gasteiger partial charge in [-0.25, -0.2) is 4.79 Å². The minimum atomic E-state index is -0.218. The zero-order chi connectivity index (χ0) is 20.2. The molecule has 0 saturated carbocycles. The number of hydrogen-bond donors (Lipinski definition) is 1. The summed E-state index contributed by atoms with van der Waals surface area (Å²) in [6.45, 7) is 5.22. The standard InChI is InChI=1S/C22H24N4O3/c1-3-28-18-12-10-17(11-13-18)23-22(27)26-14-4-5-19(26)21-24-20(25-29-21)16-8-6-15(2)7-9-16/h6-13,19H,3-5,14H2,1-2H3,(H,23,27). The molecule has 1 aromatic heterocycles.